The van der Waals surface area contributed by atoms with Crippen LogP contribution >= 0.6 is 45.2 Å². The number of carbonyl (C=O) groups excluding carboxylic acids is 1. The molecule has 43 heavy (non-hydrogen) atoms. The first-order valence-corrected chi connectivity index (χ1v) is 18.8. The number of unbranched alkanes of at least 4 members (excludes halogenated alkanes) is 1. The van der Waals surface area contributed by atoms with Gasteiger partial charge in [-0.1, -0.05) is 20.8 Å². The number of rotatable bonds is 11. The summed E-state index contributed by atoms with van der Waals surface area (Å²) in [6, 6.07) is 3.97. The van der Waals surface area contributed by atoms with E-state index in [1.807, 2.05) is 12.1 Å². The summed E-state index contributed by atoms with van der Waals surface area (Å²) in [5.41, 5.74) is 0.193. The first-order valence-electron chi connectivity index (χ1n) is 16.7. The van der Waals surface area contributed by atoms with E-state index in [9.17, 15) is 15.0 Å². The van der Waals surface area contributed by atoms with Gasteiger partial charge in [0.25, 0.3) is 0 Å². The zero-order chi connectivity index (χ0) is 30.9. The Kier molecular flexibility index (Phi) is 11.2. The molecule has 1 aromatic carbocycles. The molecule has 8 heteroatoms. The van der Waals surface area contributed by atoms with E-state index >= 15 is 0 Å². The molecule has 4 aliphatic rings. The van der Waals surface area contributed by atoms with E-state index < -0.39 is 0 Å². The normalized spacial score (nSPS) is 37.5. The van der Waals surface area contributed by atoms with Gasteiger partial charge in [-0.05, 0) is 174 Å². The monoisotopic (exact) mass is 822 g/mol. The summed E-state index contributed by atoms with van der Waals surface area (Å²) in [6.45, 7) is 8.16. The van der Waals surface area contributed by atoms with Gasteiger partial charge in [0.1, 0.15) is 11.5 Å². The molecule has 5 rings (SSSR count). The van der Waals surface area contributed by atoms with Crippen LogP contribution in [0.1, 0.15) is 97.8 Å². The van der Waals surface area contributed by atoms with Crippen molar-refractivity contribution in [2.24, 2.45) is 46.3 Å². The minimum atomic E-state index is -0.282. The first-order chi connectivity index (χ1) is 20.5. The molecule has 4 aliphatic carbocycles. The number of methoxy groups -OCH3 is 1. The molecule has 0 saturated heterocycles. The maximum Gasteiger partial charge on any atom is 0.305 e. The number of hydrogen-bond acceptors (Lipinski definition) is 6. The summed E-state index contributed by atoms with van der Waals surface area (Å²) in [5, 5.41) is 22.1. The second-order valence-electron chi connectivity index (χ2n) is 14.6. The zero-order valence-corrected chi connectivity index (χ0v) is 30.8. The third kappa shape index (κ3) is 6.87. The Balaban J connectivity index is 1.06. The van der Waals surface area contributed by atoms with Crippen LogP contribution in [0, 0.1) is 53.5 Å². The van der Waals surface area contributed by atoms with Crippen molar-refractivity contribution in [1.29, 1.82) is 0 Å². The maximum absolute atomic E-state index is 12.6. The van der Waals surface area contributed by atoms with E-state index in [0.717, 1.165) is 70.0 Å². The number of fused-ring (bicyclic) bond motifs is 5. The number of aliphatic hydroxyl groups excluding tert-OH is 2. The van der Waals surface area contributed by atoms with Gasteiger partial charge in [0.15, 0.2) is 0 Å². The van der Waals surface area contributed by atoms with Crippen LogP contribution < -0.4 is 9.47 Å². The van der Waals surface area contributed by atoms with Gasteiger partial charge in [-0.15, -0.1) is 0 Å². The van der Waals surface area contributed by atoms with Gasteiger partial charge in [-0.25, -0.2) is 0 Å². The van der Waals surface area contributed by atoms with Gasteiger partial charge in [0.2, 0.25) is 0 Å². The lowest BCUT2D eigenvalue weighted by Crippen LogP contribution is -2.58. The van der Waals surface area contributed by atoms with E-state index in [2.05, 4.69) is 66.0 Å². The molecule has 0 aliphatic heterocycles. The fourth-order valence-electron chi connectivity index (χ4n) is 10.1. The molecular formula is C35H52I2O6. The van der Waals surface area contributed by atoms with Gasteiger partial charge in [-0.3, -0.25) is 4.79 Å². The minimum absolute atomic E-state index is 0.0678. The van der Waals surface area contributed by atoms with Crippen molar-refractivity contribution in [2.45, 2.75) is 110 Å². The molecule has 10 atom stereocenters. The number of hydrogen-bond donors (Lipinski definition) is 2. The van der Waals surface area contributed by atoms with Crippen LogP contribution in [0.3, 0.4) is 0 Å². The second-order valence-corrected chi connectivity index (χ2v) is 16.9. The molecule has 0 heterocycles. The van der Waals surface area contributed by atoms with Crippen molar-refractivity contribution in [3.63, 3.8) is 0 Å². The van der Waals surface area contributed by atoms with Crippen LogP contribution in [0.2, 0.25) is 0 Å². The number of aliphatic hydroxyl groups is 2. The lowest BCUT2D eigenvalue weighted by molar-refractivity contribution is -0.175. The third-order valence-corrected chi connectivity index (χ3v) is 14.3. The van der Waals surface area contributed by atoms with Gasteiger partial charge in [-0.2, -0.15) is 0 Å². The van der Waals surface area contributed by atoms with Crippen molar-refractivity contribution in [1.82, 2.24) is 0 Å². The molecule has 2 N–H and O–H groups in total. The van der Waals surface area contributed by atoms with Crippen molar-refractivity contribution >= 4 is 51.2 Å². The average Bonchev–Trinajstić information content (AvgIpc) is 3.34. The second kappa shape index (κ2) is 14.2. The predicted octanol–water partition coefficient (Wildman–Crippen LogP) is 8.01. The Hall–Kier alpha value is -0.330. The van der Waals surface area contributed by atoms with E-state index in [0.29, 0.717) is 55.1 Å². The number of halogens is 2. The Morgan fingerprint density at radius 3 is 2.47 bits per heavy atom. The fourth-order valence-corrected chi connectivity index (χ4v) is 11.4. The molecular weight excluding hydrogens is 770 g/mol. The molecule has 0 radical (unpaired) electrons. The largest absolute Gasteiger partial charge is 0.496 e. The predicted molar refractivity (Wildman–Crippen MR) is 185 cm³/mol. The number of benzene rings is 1. The highest BCUT2D eigenvalue weighted by Gasteiger charge is 2.63. The summed E-state index contributed by atoms with van der Waals surface area (Å²) in [6.07, 6.45) is 11.2. The highest BCUT2D eigenvalue weighted by molar-refractivity contribution is 14.1. The van der Waals surface area contributed by atoms with Crippen molar-refractivity contribution in [3.05, 3.63) is 19.3 Å². The van der Waals surface area contributed by atoms with E-state index in [-0.39, 0.29) is 29.0 Å². The SMILES string of the molecule is COc1cc(I)c(OCCCCOC(=O)CC[C@@H](C)[C@H]2CC[C@H]3[C@@H]4CC[C@@H]5C[C@H](O)CC[C@]5(C)[C@H]4C[C@H](O)[C@]23C)cc1I. The van der Waals surface area contributed by atoms with E-state index in [1.54, 1.807) is 7.11 Å². The summed E-state index contributed by atoms with van der Waals surface area (Å²) in [5.74, 6) is 4.85. The summed E-state index contributed by atoms with van der Waals surface area (Å²) < 4.78 is 18.9. The van der Waals surface area contributed by atoms with Crippen LogP contribution in [-0.2, 0) is 9.53 Å². The number of carbonyl (C=O) groups is 1. The minimum Gasteiger partial charge on any atom is -0.496 e. The van der Waals surface area contributed by atoms with Gasteiger partial charge >= 0.3 is 5.97 Å². The van der Waals surface area contributed by atoms with Gasteiger partial charge in [0.05, 0.1) is 39.7 Å². The Bertz CT molecular complexity index is 1130. The molecule has 4 fully saturated rings. The van der Waals surface area contributed by atoms with E-state index in [1.165, 1.54) is 19.3 Å². The van der Waals surface area contributed by atoms with Crippen LogP contribution in [-0.4, -0.2) is 48.7 Å². The molecule has 0 aromatic heterocycles. The van der Waals surface area contributed by atoms with Crippen molar-refractivity contribution in [3.8, 4) is 11.5 Å². The molecule has 0 amide bonds. The van der Waals surface area contributed by atoms with Crippen LogP contribution in [0.5, 0.6) is 11.5 Å². The Morgan fingerprint density at radius 1 is 0.977 bits per heavy atom. The van der Waals surface area contributed by atoms with Gasteiger partial charge < -0.3 is 24.4 Å². The maximum atomic E-state index is 12.6. The highest BCUT2D eigenvalue weighted by atomic mass is 127. The molecule has 1 aromatic rings. The fraction of sp³-hybridized carbons (Fsp3) is 0.800. The molecule has 0 bridgehead atoms. The van der Waals surface area contributed by atoms with Crippen molar-refractivity contribution in [2.75, 3.05) is 20.3 Å². The molecule has 6 nitrogen and oxygen atoms in total. The molecule has 4 saturated carbocycles. The summed E-state index contributed by atoms with van der Waals surface area (Å²) in [4.78, 5) is 12.6. The molecule has 0 spiro atoms. The third-order valence-electron chi connectivity index (χ3n) is 12.6. The smallest absolute Gasteiger partial charge is 0.305 e. The first kappa shape index (κ1) is 34.0. The van der Waals surface area contributed by atoms with Crippen LogP contribution in [0.4, 0.5) is 0 Å². The molecule has 242 valence electrons. The zero-order valence-electron chi connectivity index (χ0n) is 26.5. The quantitative estimate of drug-likeness (QED) is 0.134. The highest BCUT2D eigenvalue weighted by Crippen LogP contribution is 2.68. The summed E-state index contributed by atoms with van der Waals surface area (Å²) >= 11 is 4.51. The lowest BCUT2D eigenvalue weighted by atomic mass is 9.43. The Labute approximate surface area is 286 Å². The van der Waals surface area contributed by atoms with E-state index in [4.69, 9.17) is 14.2 Å². The Morgan fingerprint density at radius 2 is 1.70 bits per heavy atom. The van der Waals surface area contributed by atoms with Crippen LogP contribution in [0.25, 0.3) is 0 Å². The molecule has 0 unspecified atom stereocenters. The number of ether oxygens (including phenoxy) is 3. The topological polar surface area (TPSA) is 85.2 Å². The standard InChI is InChI=1S/C35H52I2O6/c1-21(7-12-33(40)43-16-6-5-15-42-31-20-28(36)30(41-4)19-29(31)37)25-10-11-26-24-9-8-22-17-23(38)13-14-34(22,2)27(24)18-32(39)35(25,26)3/h19-27,32,38-39H,5-18H2,1-4H3/t21-,22-,23-,24+,25-,26+,27+,32+,34+,35-/m1/s1. The average molecular weight is 823 g/mol. The van der Waals surface area contributed by atoms with Crippen LogP contribution in [0.15, 0.2) is 12.1 Å². The summed E-state index contributed by atoms with van der Waals surface area (Å²) in [7, 11) is 1.67. The van der Waals surface area contributed by atoms with Crippen molar-refractivity contribution < 1.29 is 29.2 Å². The number of esters is 1. The van der Waals surface area contributed by atoms with Gasteiger partial charge in [0, 0.05) is 6.42 Å². The lowest BCUT2D eigenvalue weighted by Gasteiger charge is -2.62.